The second-order valence-electron chi connectivity index (χ2n) is 6.81. The van der Waals surface area contributed by atoms with Crippen LogP contribution in [0.5, 0.6) is 0 Å². The zero-order chi connectivity index (χ0) is 20.9. The van der Waals surface area contributed by atoms with Crippen LogP contribution in [0.3, 0.4) is 0 Å². The van der Waals surface area contributed by atoms with E-state index in [1.807, 2.05) is 6.92 Å². The van der Waals surface area contributed by atoms with Crippen molar-refractivity contribution >= 4 is 33.2 Å². The van der Waals surface area contributed by atoms with Crippen molar-refractivity contribution in [1.82, 2.24) is 4.72 Å². The van der Waals surface area contributed by atoms with E-state index in [1.165, 1.54) is 0 Å². The molecule has 0 aromatic heterocycles. The number of fused-ring (bicyclic) bond motifs is 1. The molecule has 8 heteroatoms. The van der Waals surface area contributed by atoms with Gasteiger partial charge in [-0.05, 0) is 68.1 Å². The van der Waals surface area contributed by atoms with Crippen LogP contribution in [0.15, 0.2) is 47.4 Å². The Balaban J connectivity index is 1.77. The number of ether oxygens (including phenoxy) is 1. The van der Waals surface area contributed by atoms with Crippen molar-refractivity contribution in [3.05, 3.63) is 58.6 Å². The van der Waals surface area contributed by atoms with Gasteiger partial charge in [-0.25, -0.2) is 13.1 Å². The van der Waals surface area contributed by atoms with Gasteiger partial charge in [0.15, 0.2) is 0 Å². The van der Waals surface area contributed by atoms with Gasteiger partial charge in [0.25, 0.3) is 5.91 Å². The fraction of sp³-hybridized carbons (Fsp3) is 0.381. The van der Waals surface area contributed by atoms with Gasteiger partial charge in [0.2, 0.25) is 10.0 Å². The molecule has 29 heavy (non-hydrogen) atoms. The Labute approximate surface area is 176 Å². The third kappa shape index (κ3) is 5.36. The number of carbonyl (C=O) groups excluding carboxylic acids is 1. The van der Waals surface area contributed by atoms with Crippen LogP contribution in [-0.4, -0.2) is 40.6 Å². The number of halogens is 1. The van der Waals surface area contributed by atoms with E-state index in [-0.39, 0.29) is 10.8 Å². The average Bonchev–Trinajstić information content (AvgIpc) is 2.72. The first-order chi connectivity index (χ1) is 13.9. The number of aryl methyl sites for hydroxylation is 1. The first-order valence-corrected chi connectivity index (χ1v) is 11.6. The molecule has 0 unspecified atom stereocenters. The third-order valence-corrected chi connectivity index (χ3v) is 6.45. The molecule has 0 atom stereocenters. The summed E-state index contributed by atoms with van der Waals surface area (Å²) in [4.78, 5) is 14.9. The van der Waals surface area contributed by atoms with Gasteiger partial charge in [0, 0.05) is 42.6 Å². The number of hydrogen-bond donors (Lipinski definition) is 1. The second-order valence-corrected chi connectivity index (χ2v) is 9.01. The fourth-order valence-electron chi connectivity index (χ4n) is 3.34. The maximum absolute atomic E-state index is 12.9. The Morgan fingerprint density at radius 2 is 2.07 bits per heavy atom. The minimum atomic E-state index is -3.60. The molecule has 2 aromatic rings. The normalized spacial score (nSPS) is 13.9. The number of rotatable bonds is 8. The van der Waals surface area contributed by atoms with Crippen LogP contribution in [-0.2, 0) is 21.2 Å². The summed E-state index contributed by atoms with van der Waals surface area (Å²) in [5.41, 5.74) is 2.11. The Morgan fingerprint density at radius 1 is 1.24 bits per heavy atom. The molecule has 0 spiro atoms. The number of nitrogens with zero attached hydrogens (tertiary/aromatic N) is 1. The van der Waals surface area contributed by atoms with Crippen molar-refractivity contribution in [2.24, 2.45) is 0 Å². The van der Waals surface area contributed by atoms with Gasteiger partial charge in [0.05, 0.1) is 4.90 Å². The highest BCUT2D eigenvalue weighted by Crippen LogP contribution is 2.31. The molecule has 1 amide bonds. The third-order valence-electron chi connectivity index (χ3n) is 4.76. The fourth-order valence-corrected chi connectivity index (χ4v) is 4.65. The highest BCUT2D eigenvalue weighted by molar-refractivity contribution is 7.89. The summed E-state index contributed by atoms with van der Waals surface area (Å²) in [6.07, 6.45) is 2.10. The van der Waals surface area contributed by atoms with E-state index in [1.54, 1.807) is 47.4 Å². The molecule has 1 aliphatic heterocycles. The number of anilines is 1. The Bertz CT molecular complexity index is 978. The van der Waals surface area contributed by atoms with Crippen LogP contribution < -0.4 is 9.62 Å². The lowest BCUT2D eigenvalue weighted by molar-refractivity contribution is 0.0985. The van der Waals surface area contributed by atoms with Crippen molar-refractivity contribution < 1.29 is 17.9 Å². The van der Waals surface area contributed by atoms with Gasteiger partial charge in [-0.2, -0.15) is 0 Å². The Morgan fingerprint density at radius 3 is 2.83 bits per heavy atom. The van der Waals surface area contributed by atoms with Crippen LogP contribution in [0, 0.1) is 0 Å². The standard InChI is InChI=1S/C21H25ClN2O4S/c1-2-28-13-5-11-23-29(26,27)19-9-10-20-16(15-19)7-4-12-24(20)21(25)17-6-3-8-18(22)14-17/h3,6,8-10,14-15,23H,2,4-5,7,11-13H2,1H3. The van der Waals surface area contributed by atoms with Crippen molar-refractivity contribution in [1.29, 1.82) is 0 Å². The molecule has 6 nitrogen and oxygen atoms in total. The summed E-state index contributed by atoms with van der Waals surface area (Å²) in [5.74, 6) is -0.141. The SMILES string of the molecule is CCOCCCNS(=O)(=O)c1ccc2c(c1)CCCN2C(=O)c1cccc(Cl)c1. The van der Waals surface area contributed by atoms with Crippen molar-refractivity contribution in [3.8, 4) is 0 Å². The van der Waals surface area contributed by atoms with E-state index >= 15 is 0 Å². The Kier molecular flexibility index (Phi) is 7.29. The van der Waals surface area contributed by atoms with Crippen molar-refractivity contribution in [2.75, 3.05) is 31.2 Å². The lowest BCUT2D eigenvalue weighted by Crippen LogP contribution is -2.35. The van der Waals surface area contributed by atoms with E-state index in [0.717, 1.165) is 24.1 Å². The van der Waals surface area contributed by atoms with Gasteiger partial charge in [-0.3, -0.25) is 4.79 Å². The number of hydrogen-bond acceptors (Lipinski definition) is 4. The molecular weight excluding hydrogens is 412 g/mol. The molecule has 0 fully saturated rings. The minimum absolute atomic E-state index is 0.141. The predicted molar refractivity (Wildman–Crippen MR) is 114 cm³/mol. The van der Waals surface area contributed by atoms with E-state index < -0.39 is 10.0 Å². The number of sulfonamides is 1. The van der Waals surface area contributed by atoms with Gasteiger partial charge in [-0.15, -0.1) is 0 Å². The molecule has 0 saturated heterocycles. The molecule has 1 aliphatic rings. The maximum atomic E-state index is 12.9. The van der Waals surface area contributed by atoms with E-state index in [2.05, 4.69) is 4.72 Å². The molecule has 0 radical (unpaired) electrons. The number of nitrogens with one attached hydrogen (secondary N) is 1. The lowest BCUT2D eigenvalue weighted by Gasteiger charge is -2.30. The van der Waals surface area contributed by atoms with Crippen LogP contribution in [0.4, 0.5) is 5.69 Å². The second kappa shape index (κ2) is 9.71. The highest BCUT2D eigenvalue weighted by Gasteiger charge is 2.25. The number of carbonyl (C=O) groups is 1. The molecule has 1 N–H and O–H groups in total. The molecule has 0 aliphatic carbocycles. The lowest BCUT2D eigenvalue weighted by atomic mass is 10.0. The quantitative estimate of drug-likeness (QED) is 0.641. The van der Waals surface area contributed by atoms with Crippen LogP contribution in [0.2, 0.25) is 5.02 Å². The highest BCUT2D eigenvalue weighted by atomic mass is 35.5. The molecule has 156 valence electrons. The largest absolute Gasteiger partial charge is 0.382 e. The number of amides is 1. The molecule has 1 heterocycles. The Hall–Kier alpha value is -1.93. The molecule has 0 saturated carbocycles. The van der Waals surface area contributed by atoms with E-state index in [4.69, 9.17) is 16.3 Å². The smallest absolute Gasteiger partial charge is 0.258 e. The molecular formula is C21H25ClN2O4S. The van der Waals surface area contributed by atoms with Crippen LogP contribution in [0.25, 0.3) is 0 Å². The van der Waals surface area contributed by atoms with E-state index in [0.29, 0.717) is 43.3 Å². The van der Waals surface area contributed by atoms with Crippen LogP contribution in [0.1, 0.15) is 35.7 Å². The van der Waals surface area contributed by atoms with Crippen LogP contribution >= 0.6 is 11.6 Å². The summed E-state index contributed by atoms with van der Waals surface area (Å²) in [5, 5.41) is 0.505. The van der Waals surface area contributed by atoms with Gasteiger partial charge < -0.3 is 9.64 Å². The summed E-state index contributed by atoms with van der Waals surface area (Å²) in [6, 6.07) is 11.8. The summed E-state index contributed by atoms with van der Waals surface area (Å²) in [6.45, 7) is 3.93. The van der Waals surface area contributed by atoms with E-state index in [9.17, 15) is 13.2 Å². The minimum Gasteiger partial charge on any atom is -0.382 e. The van der Waals surface area contributed by atoms with Gasteiger partial charge in [0.1, 0.15) is 0 Å². The molecule has 3 rings (SSSR count). The topological polar surface area (TPSA) is 75.7 Å². The molecule has 2 aromatic carbocycles. The zero-order valence-corrected chi connectivity index (χ0v) is 17.9. The average molecular weight is 437 g/mol. The molecule has 0 bridgehead atoms. The zero-order valence-electron chi connectivity index (χ0n) is 16.4. The number of benzene rings is 2. The summed E-state index contributed by atoms with van der Waals surface area (Å²) < 4.78 is 33.0. The first kappa shape index (κ1) is 21.8. The summed E-state index contributed by atoms with van der Waals surface area (Å²) in [7, 11) is -3.60. The maximum Gasteiger partial charge on any atom is 0.258 e. The first-order valence-electron chi connectivity index (χ1n) is 9.70. The van der Waals surface area contributed by atoms with Crippen molar-refractivity contribution in [3.63, 3.8) is 0 Å². The van der Waals surface area contributed by atoms with Gasteiger partial charge >= 0.3 is 0 Å². The van der Waals surface area contributed by atoms with Gasteiger partial charge in [-0.1, -0.05) is 17.7 Å². The monoisotopic (exact) mass is 436 g/mol. The summed E-state index contributed by atoms with van der Waals surface area (Å²) >= 11 is 6.02. The van der Waals surface area contributed by atoms with Crippen molar-refractivity contribution in [2.45, 2.75) is 31.1 Å². The predicted octanol–water partition coefficient (Wildman–Crippen LogP) is 3.64.